The summed E-state index contributed by atoms with van der Waals surface area (Å²) in [6.45, 7) is -0.0938. The Labute approximate surface area is 80.4 Å². The molecule has 0 spiro atoms. The van der Waals surface area contributed by atoms with Crippen LogP contribution in [0.25, 0.3) is 0 Å². The molecule has 1 fully saturated rings. The molecule has 1 saturated carbocycles. The summed E-state index contributed by atoms with van der Waals surface area (Å²) in [7, 11) is 0. The van der Waals surface area contributed by atoms with Crippen molar-refractivity contribution in [3.05, 3.63) is 29.8 Å². The van der Waals surface area contributed by atoms with Crippen molar-refractivity contribution in [2.75, 3.05) is 6.54 Å². The van der Waals surface area contributed by atoms with Gasteiger partial charge in [0, 0.05) is 13.0 Å². The minimum atomic E-state index is -2.73. The number of aromatic hydroxyl groups is 1. The van der Waals surface area contributed by atoms with Gasteiger partial charge in [0.25, 0.3) is 5.92 Å². The summed E-state index contributed by atoms with van der Waals surface area (Å²) in [6, 6.07) is 5.94. The summed E-state index contributed by atoms with van der Waals surface area (Å²) in [5.41, 5.74) is 4.54. The molecule has 4 heteroatoms. The molecule has 0 bridgehead atoms. The van der Waals surface area contributed by atoms with Gasteiger partial charge in [0.15, 0.2) is 0 Å². The van der Waals surface area contributed by atoms with E-state index in [1.807, 2.05) is 0 Å². The van der Waals surface area contributed by atoms with Crippen molar-refractivity contribution in [1.29, 1.82) is 0 Å². The van der Waals surface area contributed by atoms with E-state index < -0.39 is 11.3 Å². The minimum absolute atomic E-state index is 0.00183. The van der Waals surface area contributed by atoms with Gasteiger partial charge >= 0.3 is 0 Å². The highest BCUT2D eigenvalue weighted by atomic mass is 19.3. The van der Waals surface area contributed by atoms with Crippen molar-refractivity contribution < 1.29 is 13.9 Å². The number of phenols is 1. The average molecular weight is 199 g/mol. The van der Waals surface area contributed by atoms with Crippen LogP contribution in [0.15, 0.2) is 24.3 Å². The van der Waals surface area contributed by atoms with Crippen molar-refractivity contribution in [2.45, 2.75) is 17.8 Å². The number of halogens is 2. The first-order valence-corrected chi connectivity index (χ1v) is 4.39. The molecule has 1 aliphatic carbocycles. The smallest absolute Gasteiger partial charge is 0.260 e. The van der Waals surface area contributed by atoms with Gasteiger partial charge in [-0.1, -0.05) is 12.1 Å². The Morgan fingerprint density at radius 3 is 2.50 bits per heavy atom. The van der Waals surface area contributed by atoms with Gasteiger partial charge in [-0.25, -0.2) is 8.78 Å². The molecule has 0 heterocycles. The Kier molecular flexibility index (Phi) is 1.79. The highest BCUT2D eigenvalue weighted by Gasteiger charge is 2.71. The first kappa shape index (κ1) is 9.40. The molecule has 3 N–H and O–H groups in total. The van der Waals surface area contributed by atoms with Crippen molar-refractivity contribution in [3.63, 3.8) is 0 Å². The lowest BCUT2D eigenvalue weighted by Gasteiger charge is -2.14. The van der Waals surface area contributed by atoms with Crippen LogP contribution in [0.3, 0.4) is 0 Å². The van der Waals surface area contributed by atoms with Crippen LogP contribution in [0.5, 0.6) is 5.75 Å². The van der Waals surface area contributed by atoms with E-state index in [-0.39, 0.29) is 18.7 Å². The number of benzene rings is 1. The molecule has 1 aromatic carbocycles. The Balaban J connectivity index is 2.40. The molecule has 0 aliphatic heterocycles. The third-order valence-electron chi connectivity index (χ3n) is 2.85. The van der Waals surface area contributed by atoms with Crippen molar-refractivity contribution in [1.82, 2.24) is 0 Å². The number of alkyl halides is 2. The van der Waals surface area contributed by atoms with Crippen molar-refractivity contribution in [2.24, 2.45) is 5.73 Å². The first-order chi connectivity index (χ1) is 6.52. The fraction of sp³-hybridized carbons (Fsp3) is 0.400. The van der Waals surface area contributed by atoms with Crippen LogP contribution >= 0.6 is 0 Å². The molecule has 0 aromatic heterocycles. The minimum Gasteiger partial charge on any atom is -0.508 e. The molecule has 1 aliphatic rings. The second-order valence-corrected chi connectivity index (χ2v) is 3.72. The fourth-order valence-electron chi connectivity index (χ4n) is 1.79. The van der Waals surface area contributed by atoms with E-state index in [2.05, 4.69) is 0 Å². The van der Waals surface area contributed by atoms with E-state index in [9.17, 15) is 13.9 Å². The van der Waals surface area contributed by atoms with E-state index in [1.54, 1.807) is 12.1 Å². The zero-order valence-corrected chi connectivity index (χ0v) is 7.50. The van der Waals surface area contributed by atoms with Crippen LogP contribution in [-0.2, 0) is 5.41 Å². The van der Waals surface area contributed by atoms with E-state index in [4.69, 9.17) is 5.73 Å². The van der Waals surface area contributed by atoms with Gasteiger partial charge in [-0.3, -0.25) is 0 Å². The molecular weight excluding hydrogens is 188 g/mol. The summed E-state index contributed by atoms with van der Waals surface area (Å²) >= 11 is 0. The van der Waals surface area contributed by atoms with Crippen LogP contribution in [0, 0.1) is 0 Å². The normalized spacial score (nSPS) is 28.8. The van der Waals surface area contributed by atoms with Gasteiger partial charge in [0.05, 0.1) is 5.41 Å². The van der Waals surface area contributed by atoms with Gasteiger partial charge in [0.1, 0.15) is 5.75 Å². The Hall–Kier alpha value is -1.16. The Morgan fingerprint density at radius 1 is 1.43 bits per heavy atom. The number of phenolic OH excluding ortho intramolecular Hbond substituents is 1. The molecule has 0 amide bonds. The van der Waals surface area contributed by atoms with E-state index >= 15 is 0 Å². The number of hydrogen-bond acceptors (Lipinski definition) is 2. The molecule has 2 nitrogen and oxygen atoms in total. The zero-order valence-electron chi connectivity index (χ0n) is 7.50. The van der Waals surface area contributed by atoms with Gasteiger partial charge in [-0.2, -0.15) is 0 Å². The fourth-order valence-corrected chi connectivity index (χ4v) is 1.79. The summed E-state index contributed by atoms with van der Waals surface area (Å²) in [6.07, 6.45) is -0.222. The maximum absolute atomic E-state index is 13.1. The van der Waals surface area contributed by atoms with Crippen LogP contribution < -0.4 is 5.73 Å². The van der Waals surface area contributed by atoms with Gasteiger partial charge < -0.3 is 10.8 Å². The molecule has 76 valence electrons. The number of nitrogens with two attached hydrogens (primary N) is 1. The predicted molar refractivity (Wildman–Crippen MR) is 48.4 cm³/mol. The largest absolute Gasteiger partial charge is 0.508 e. The van der Waals surface area contributed by atoms with Gasteiger partial charge in [-0.05, 0) is 17.7 Å². The SMILES string of the molecule is NCC1(c2cccc(O)c2)CC1(F)F. The van der Waals surface area contributed by atoms with Crippen LogP contribution in [-0.4, -0.2) is 17.6 Å². The van der Waals surface area contributed by atoms with Crippen molar-refractivity contribution in [3.8, 4) is 5.75 Å². The summed E-state index contributed by atoms with van der Waals surface area (Å²) in [5, 5.41) is 9.18. The molecule has 1 unspecified atom stereocenters. The van der Waals surface area contributed by atoms with E-state index in [0.717, 1.165) is 0 Å². The second-order valence-electron chi connectivity index (χ2n) is 3.72. The molecule has 1 aromatic rings. The maximum Gasteiger partial charge on any atom is 0.260 e. The lowest BCUT2D eigenvalue weighted by Crippen LogP contribution is -2.26. The third-order valence-corrected chi connectivity index (χ3v) is 2.85. The zero-order chi connectivity index (χ0) is 10.4. The third kappa shape index (κ3) is 1.10. The standard InChI is InChI=1S/C10H11F2NO/c11-10(12)5-9(10,6-13)7-2-1-3-8(14)4-7/h1-4,14H,5-6,13H2. The second kappa shape index (κ2) is 2.67. The topological polar surface area (TPSA) is 46.2 Å². The lowest BCUT2D eigenvalue weighted by molar-refractivity contribution is 0.0896. The van der Waals surface area contributed by atoms with Gasteiger partial charge in [-0.15, -0.1) is 0 Å². The maximum atomic E-state index is 13.1. The van der Waals surface area contributed by atoms with Crippen molar-refractivity contribution >= 4 is 0 Å². The average Bonchev–Trinajstić information content (AvgIpc) is 2.70. The highest BCUT2D eigenvalue weighted by Crippen LogP contribution is 2.61. The van der Waals surface area contributed by atoms with E-state index in [1.165, 1.54) is 12.1 Å². The number of hydrogen-bond donors (Lipinski definition) is 2. The van der Waals surface area contributed by atoms with Crippen LogP contribution in [0.4, 0.5) is 8.78 Å². The van der Waals surface area contributed by atoms with E-state index in [0.29, 0.717) is 5.56 Å². The molecular formula is C10H11F2NO. The lowest BCUT2D eigenvalue weighted by atomic mass is 9.95. The quantitative estimate of drug-likeness (QED) is 0.760. The summed E-state index contributed by atoms with van der Waals surface area (Å²) in [4.78, 5) is 0. The number of rotatable bonds is 2. The Bertz CT molecular complexity index is 367. The van der Waals surface area contributed by atoms with Crippen LogP contribution in [0.2, 0.25) is 0 Å². The van der Waals surface area contributed by atoms with Crippen LogP contribution in [0.1, 0.15) is 12.0 Å². The molecule has 0 radical (unpaired) electrons. The summed E-state index contributed by atoms with van der Waals surface area (Å²) in [5.74, 6) is -2.73. The molecule has 0 saturated heterocycles. The molecule has 14 heavy (non-hydrogen) atoms. The molecule has 1 atom stereocenters. The summed E-state index contributed by atoms with van der Waals surface area (Å²) < 4.78 is 26.2. The monoisotopic (exact) mass is 199 g/mol. The Morgan fingerprint density at radius 2 is 2.07 bits per heavy atom. The first-order valence-electron chi connectivity index (χ1n) is 4.39. The predicted octanol–water partition coefficient (Wildman–Crippen LogP) is 1.63. The molecule has 2 rings (SSSR count). The van der Waals surface area contributed by atoms with Gasteiger partial charge in [0.2, 0.25) is 0 Å². The highest BCUT2D eigenvalue weighted by molar-refractivity contribution is 5.41.